The highest BCUT2D eigenvalue weighted by atomic mass is 32.1. The lowest BCUT2D eigenvalue weighted by Gasteiger charge is -2.37. The number of amides is 2. The molecule has 0 aromatic carbocycles. The fraction of sp³-hybridized carbons (Fsp3) is 0.357. The lowest BCUT2D eigenvalue weighted by molar-refractivity contribution is -0.140. The number of carbonyl (C=O) groups excluding carboxylic acids is 2. The van der Waals surface area contributed by atoms with Gasteiger partial charge in [-0.3, -0.25) is 9.59 Å². The minimum atomic E-state index is -0.289. The summed E-state index contributed by atoms with van der Waals surface area (Å²) in [4.78, 5) is 27.1. The molecule has 2 atom stereocenters. The first-order valence-electron chi connectivity index (χ1n) is 6.67. The minimum absolute atomic E-state index is 0.0684. The predicted octanol–water partition coefficient (Wildman–Crippen LogP) is 2.28. The molecule has 0 unspecified atom stereocenters. The molecule has 0 bridgehead atoms. The van der Waals surface area contributed by atoms with Gasteiger partial charge >= 0.3 is 0 Å². The highest BCUT2D eigenvalue weighted by Gasteiger charge is 2.39. The lowest BCUT2D eigenvalue weighted by Crippen LogP contribution is -2.44. The summed E-state index contributed by atoms with van der Waals surface area (Å²) < 4.78 is 4.71. The van der Waals surface area contributed by atoms with E-state index in [0.717, 1.165) is 4.88 Å². The van der Waals surface area contributed by atoms with Crippen LogP contribution in [0.3, 0.4) is 0 Å². The fourth-order valence-electron chi connectivity index (χ4n) is 2.66. The summed E-state index contributed by atoms with van der Waals surface area (Å²) in [7, 11) is 1.75. The van der Waals surface area contributed by atoms with Crippen molar-refractivity contribution in [2.75, 3.05) is 12.4 Å². The molecule has 2 amide bonds. The smallest absolute Gasteiger partial charge is 0.231 e. The summed E-state index contributed by atoms with van der Waals surface area (Å²) in [6, 6.07) is 5.26. The number of hydrogen-bond donors (Lipinski definition) is 1. The number of hydrogen-bond acceptors (Lipinski definition) is 5. The van der Waals surface area contributed by atoms with Gasteiger partial charge in [0.25, 0.3) is 0 Å². The molecule has 21 heavy (non-hydrogen) atoms. The molecule has 1 saturated heterocycles. The molecule has 2 aromatic rings. The first-order chi connectivity index (χ1) is 10.2. The molecule has 3 rings (SSSR count). The number of carbonyl (C=O) groups is 2. The first-order valence-corrected chi connectivity index (χ1v) is 7.55. The number of likely N-dealkylation sites (tertiary alicyclic amines) is 1. The third-order valence-electron chi connectivity index (χ3n) is 3.72. The van der Waals surface area contributed by atoms with Gasteiger partial charge in [-0.25, -0.2) is 0 Å². The zero-order valence-corrected chi connectivity index (χ0v) is 12.3. The van der Waals surface area contributed by atoms with E-state index in [1.807, 2.05) is 17.5 Å². The molecule has 1 N–H and O–H groups in total. The van der Waals surface area contributed by atoms with Crippen LogP contribution in [0.25, 0.3) is 0 Å². The second-order valence-corrected chi connectivity index (χ2v) is 5.96. The summed E-state index contributed by atoms with van der Waals surface area (Å²) >= 11 is 1.56. The molecule has 1 aliphatic heterocycles. The van der Waals surface area contributed by atoms with Gasteiger partial charge in [-0.2, -0.15) is 0 Å². The topological polar surface area (TPSA) is 75.4 Å². The normalized spacial score (nSPS) is 22.3. The van der Waals surface area contributed by atoms with Crippen LogP contribution in [0.1, 0.15) is 23.8 Å². The van der Waals surface area contributed by atoms with Crippen molar-refractivity contribution in [2.24, 2.45) is 5.92 Å². The number of rotatable bonds is 3. The maximum atomic E-state index is 12.5. The van der Waals surface area contributed by atoms with Crippen LogP contribution in [-0.2, 0) is 9.59 Å². The van der Waals surface area contributed by atoms with Crippen molar-refractivity contribution in [1.82, 2.24) is 10.1 Å². The monoisotopic (exact) mass is 305 g/mol. The third-order valence-corrected chi connectivity index (χ3v) is 4.66. The SMILES string of the molecule is CN1C(=O)CC[C@H](C(=O)Nc2ccon2)[C@H]1c1cccs1. The molecule has 6 nitrogen and oxygen atoms in total. The van der Waals surface area contributed by atoms with E-state index in [2.05, 4.69) is 10.5 Å². The Morgan fingerprint density at radius 1 is 1.52 bits per heavy atom. The van der Waals surface area contributed by atoms with Gasteiger partial charge in [-0.15, -0.1) is 11.3 Å². The summed E-state index contributed by atoms with van der Waals surface area (Å²) in [5.41, 5.74) is 0. The third kappa shape index (κ3) is 2.69. The number of nitrogens with zero attached hydrogens (tertiary/aromatic N) is 2. The van der Waals surface area contributed by atoms with E-state index in [-0.39, 0.29) is 23.8 Å². The van der Waals surface area contributed by atoms with Gasteiger partial charge in [-0.1, -0.05) is 11.2 Å². The summed E-state index contributed by atoms with van der Waals surface area (Å²) in [5, 5.41) is 8.38. The Morgan fingerprint density at radius 3 is 3.05 bits per heavy atom. The van der Waals surface area contributed by atoms with Gasteiger partial charge in [0, 0.05) is 24.4 Å². The quantitative estimate of drug-likeness (QED) is 0.944. The number of aromatic nitrogens is 1. The van der Waals surface area contributed by atoms with Crippen molar-refractivity contribution in [3.05, 3.63) is 34.7 Å². The van der Waals surface area contributed by atoms with Crippen LogP contribution < -0.4 is 5.32 Å². The van der Waals surface area contributed by atoms with E-state index in [4.69, 9.17) is 4.52 Å². The molecule has 110 valence electrons. The van der Waals surface area contributed by atoms with Gasteiger partial charge in [0.2, 0.25) is 11.8 Å². The number of nitrogens with one attached hydrogen (secondary N) is 1. The summed E-state index contributed by atoms with van der Waals surface area (Å²) in [5.74, 6) is 0.0352. The van der Waals surface area contributed by atoms with Crippen molar-refractivity contribution >= 4 is 29.0 Å². The summed E-state index contributed by atoms with van der Waals surface area (Å²) in [6.07, 6.45) is 2.33. The molecule has 0 spiro atoms. The Bertz CT molecular complexity index is 624. The Kier molecular flexibility index (Phi) is 3.74. The molecule has 7 heteroatoms. The largest absolute Gasteiger partial charge is 0.363 e. The standard InChI is InChI=1S/C14H15N3O3S/c1-17-12(18)5-4-9(13(17)10-3-2-8-21-10)14(19)15-11-6-7-20-16-11/h2-3,6-9,13H,4-5H2,1H3,(H,15,16,19)/t9-,13-/m0/s1. The molecule has 3 heterocycles. The van der Waals surface area contributed by atoms with Crippen molar-refractivity contribution in [3.8, 4) is 0 Å². The van der Waals surface area contributed by atoms with Crippen molar-refractivity contribution in [2.45, 2.75) is 18.9 Å². The lowest BCUT2D eigenvalue weighted by atomic mass is 9.87. The Labute approximate surface area is 125 Å². The van der Waals surface area contributed by atoms with E-state index in [9.17, 15) is 9.59 Å². The van der Waals surface area contributed by atoms with Crippen LogP contribution in [-0.4, -0.2) is 28.9 Å². The zero-order chi connectivity index (χ0) is 14.8. The van der Waals surface area contributed by atoms with Gasteiger partial charge in [0.05, 0.1) is 12.0 Å². The van der Waals surface area contributed by atoms with E-state index in [0.29, 0.717) is 18.7 Å². The van der Waals surface area contributed by atoms with Crippen LogP contribution in [0.5, 0.6) is 0 Å². The minimum Gasteiger partial charge on any atom is -0.363 e. The van der Waals surface area contributed by atoms with Crippen molar-refractivity contribution in [1.29, 1.82) is 0 Å². The maximum Gasteiger partial charge on any atom is 0.231 e. The molecular formula is C14H15N3O3S. The average molecular weight is 305 g/mol. The van der Waals surface area contributed by atoms with E-state index < -0.39 is 0 Å². The van der Waals surface area contributed by atoms with Crippen molar-refractivity contribution < 1.29 is 14.1 Å². The average Bonchev–Trinajstić information content (AvgIpc) is 3.14. The second kappa shape index (κ2) is 5.69. The van der Waals surface area contributed by atoms with E-state index >= 15 is 0 Å². The van der Waals surface area contributed by atoms with Gasteiger partial charge in [0.1, 0.15) is 6.26 Å². The van der Waals surface area contributed by atoms with Gasteiger partial charge in [0.15, 0.2) is 5.82 Å². The highest BCUT2D eigenvalue weighted by molar-refractivity contribution is 7.10. The zero-order valence-electron chi connectivity index (χ0n) is 11.5. The second-order valence-electron chi connectivity index (χ2n) is 4.98. The molecular weight excluding hydrogens is 290 g/mol. The number of anilines is 1. The molecule has 0 aliphatic carbocycles. The Morgan fingerprint density at radius 2 is 2.38 bits per heavy atom. The predicted molar refractivity (Wildman–Crippen MR) is 77.7 cm³/mol. The highest BCUT2D eigenvalue weighted by Crippen LogP contribution is 2.38. The number of piperidine rings is 1. The van der Waals surface area contributed by atoms with Crippen LogP contribution in [0.4, 0.5) is 5.82 Å². The van der Waals surface area contributed by atoms with Crippen LogP contribution in [0.15, 0.2) is 34.4 Å². The Balaban J connectivity index is 1.84. The number of thiophene rings is 1. The molecule has 0 saturated carbocycles. The van der Waals surface area contributed by atoms with Crippen molar-refractivity contribution in [3.63, 3.8) is 0 Å². The molecule has 0 radical (unpaired) electrons. The Hall–Kier alpha value is -2.15. The van der Waals surface area contributed by atoms with E-state index in [1.54, 1.807) is 29.4 Å². The van der Waals surface area contributed by atoms with E-state index in [1.165, 1.54) is 6.26 Å². The molecule has 2 aromatic heterocycles. The van der Waals surface area contributed by atoms with Gasteiger partial charge < -0.3 is 14.7 Å². The molecule has 1 fully saturated rings. The van der Waals surface area contributed by atoms with Crippen LogP contribution in [0.2, 0.25) is 0 Å². The van der Waals surface area contributed by atoms with Crippen LogP contribution >= 0.6 is 11.3 Å². The first kappa shape index (κ1) is 13.8. The maximum absolute atomic E-state index is 12.5. The fourth-order valence-corrected chi connectivity index (χ4v) is 3.59. The van der Waals surface area contributed by atoms with Crippen LogP contribution in [0, 0.1) is 5.92 Å². The van der Waals surface area contributed by atoms with Gasteiger partial charge in [-0.05, 0) is 17.9 Å². The summed E-state index contributed by atoms with van der Waals surface area (Å²) in [6.45, 7) is 0. The molecule has 1 aliphatic rings.